The fourth-order valence-corrected chi connectivity index (χ4v) is 6.85. The van der Waals surface area contributed by atoms with Gasteiger partial charge in [0.15, 0.2) is 5.76 Å². The largest absolute Gasteiger partial charge is 0.459 e. The van der Waals surface area contributed by atoms with Crippen LogP contribution in [0.3, 0.4) is 0 Å². The third-order valence-corrected chi connectivity index (χ3v) is 9.35. The summed E-state index contributed by atoms with van der Waals surface area (Å²) >= 11 is 6.07. The maximum Gasteiger partial charge on any atom is 0.290 e. The number of aryl methyl sites for hydroxylation is 1. The van der Waals surface area contributed by atoms with E-state index >= 15 is 0 Å². The summed E-state index contributed by atoms with van der Waals surface area (Å²) in [6, 6.07) is 18.7. The van der Waals surface area contributed by atoms with Crippen LogP contribution in [0.2, 0.25) is 5.02 Å². The molecule has 0 bridgehead atoms. The summed E-state index contributed by atoms with van der Waals surface area (Å²) in [4.78, 5) is 55.3. The molecule has 3 aromatic carbocycles. The van der Waals surface area contributed by atoms with Crippen LogP contribution in [0.5, 0.6) is 0 Å². The fourth-order valence-electron chi connectivity index (χ4n) is 6.68. The summed E-state index contributed by atoms with van der Waals surface area (Å²) < 4.78 is 15.5. The van der Waals surface area contributed by atoms with E-state index in [2.05, 4.69) is 5.32 Å². The van der Waals surface area contributed by atoms with E-state index < -0.39 is 29.9 Å². The number of amides is 3. The van der Waals surface area contributed by atoms with Crippen molar-refractivity contribution in [3.63, 3.8) is 0 Å². The van der Waals surface area contributed by atoms with Crippen molar-refractivity contribution in [2.24, 2.45) is 13.0 Å². The molecule has 12 heteroatoms. The van der Waals surface area contributed by atoms with Crippen LogP contribution in [-0.2, 0) is 21.3 Å². The molecule has 0 unspecified atom stereocenters. The van der Waals surface area contributed by atoms with Crippen LogP contribution in [0.1, 0.15) is 63.2 Å². The number of hydrogen-bond acceptors (Lipinski definition) is 7. The highest BCUT2D eigenvalue weighted by Crippen LogP contribution is 2.40. The van der Waals surface area contributed by atoms with Gasteiger partial charge in [-0.2, -0.15) is 0 Å². The molecule has 0 radical (unpaired) electrons. The number of nitrogens with zero attached hydrogens (tertiary/aromatic N) is 3. The number of allylic oxidation sites excluding steroid dienone is 1. The summed E-state index contributed by atoms with van der Waals surface area (Å²) in [5.41, 5.74) is 3.58. The van der Waals surface area contributed by atoms with Gasteiger partial charge in [-0.1, -0.05) is 29.8 Å². The second-order valence-electron chi connectivity index (χ2n) is 12.1. The molecule has 2 N–H and O–H groups in total. The number of imide groups is 1. The number of aromatic nitrogens is 2. The van der Waals surface area contributed by atoms with Crippen LogP contribution in [-0.4, -0.2) is 51.7 Å². The first-order chi connectivity index (χ1) is 23.5. The van der Waals surface area contributed by atoms with Crippen molar-refractivity contribution >= 4 is 40.7 Å². The van der Waals surface area contributed by atoms with Gasteiger partial charge in [0, 0.05) is 54.1 Å². The third-order valence-electron chi connectivity index (χ3n) is 9.11. The normalized spacial score (nSPS) is 18.7. The zero-order valence-electron chi connectivity index (χ0n) is 27.6. The Balaban J connectivity index is 1.33. The lowest BCUT2D eigenvalue weighted by Crippen LogP contribution is -2.39. The molecule has 0 aliphatic carbocycles. The minimum atomic E-state index is -0.858. The van der Waals surface area contributed by atoms with Gasteiger partial charge in [0.2, 0.25) is 6.29 Å². The van der Waals surface area contributed by atoms with Crippen molar-refractivity contribution < 1.29 is 29.0 Å². The SMILES string of the molecule is CCO[C@@H]1OC(C(=O)Nc2ccc(N3C(=O)c4ccc(Cl)cc4C3=O)c(C)c2)=C[C@H](c2c(C)n(C)n(-c3ccccc3)c2=O)[C@@H]1CCCO. The summed E-state index contributed by atoms with van der Waals surface area (Å²) in [5, 5.41) is 12.9. The van der Waals surface area contributed by atoms with Gasteiger partial charge >= 0.3 is 0 Å². The van der Waals surface area contributed by atoms with E-state index in [1.165, 1.54) is 12.1 Å². The Morgan fingerprint density at radius 2 is 1.73 bits per heavy atom. The van der Waals surface area contributed by atoms with Crippen molar-refractivity contribution in [1.82, 2.24) is 9.36 Å². The average Bonchev–Trinajstić information content (AvgIpc) is 3.46. The quantitative estimate of drug-likeness (QED) is 0.207. The molecule has 3 amide bonds. The first-order valence-corrected chi connectivity index (χ1v) is 16.5. The number of ether oxygens (including phenoxy) is 2. The van der Waals surface area contributed by atoms with Gasteiger partial charge in [-0.15, -0.1) is 0 Å². The number of aliphatic hydroxyl groups excluding tert-OH is 1. The van der Waals surface area contributed by atoms with Crippen LogP contribution in [0.25, 0.3) is 5.69 Å². The van der Waals surface area contributed by atoms with Gasteiger partial charge in [0.25, 0.3) is 23.3 Å². The Morgan fingerprint density at radius 3 is 2.43 bits per heavy atom. The highest BCUT2D eigenvalue weighted by Gasteiger charge is 2.41. The second kappa shape index (κ2) is 13.9. The summed E-state index contributed by atoms with van der Waals surface area (Å²) in [5.74, 6) is -2.44. The molecule has 1 aromatic heterocycles. The molecule has 3 heterocycles. The van der Waals surface area contributed by atoms with Gasteiger partial charge in [-0.05, 0) is 93.8 Å². The van der Waals surface area contributed by atoms with E-state index in [-0.39, 0.29) is 35.0 Å². The zero-order valence-corrected chi connectivity index (χ0v) is 28.4. The smallest absolute Gasteiger partial charge is 0.290 e. The lowest BCUT2D eigenvalue weighted by Gasteiger charge is -2.36. The molecule has 2 aliphatic heterocycles. The van der Waals surface area contributed by atoms with Gasteiger partial charge in [0.1, 0.15) is 0 Å². The highest BCUT2D eigenvalue weighted by atomic mass is 35.5. The topological polar surface area (TPSA) is 132 Å². The Morgan fingerprint density at radius 1 is 1.00 bits per heavy atom. The Hall–Kier alpha value is -4.97. The molecule has 6 rings (SSSR count). The van der Waals surface area contributed by atoms with Crippen LogP contribution in [0.15, 0.2) is 83.4 Å². The van der Waals surface area contributed by atoms with E-state index in [4.69, 9.17) is 21.1 Å². The Labute approximate surface area is 288 Å². The predicted octanol–water partition coefficient (Wildman–Crippen LogP) is 5.63. The number of aliphatic hydroxyl groups is 1. The molecule has 0 spiro atoms. The van der Waals surface area contributed by atoms with Gasteiger partial charge in [-0.25, -0.2) is 9.58 Å². The van der Waals surface area contributed by atoms with E-state index in [0.717, 1.165) is 10.6 Å². The number of hydrogen-bond donors (Lipinski definition) is 2. The van der Waals surface area contributed by atoms with Crippen molar-refractivity contribution in [2.75, 3.05) is 23.4 Å². The number of anilines is 2. The summed E-state index contributed by atoms with van der Waals surface area (Å²) in [7, 11) is 1.82. The van der Waals surface area contributed by atoms with Gasteiger partial charge in [-0.3, -0.25) is 23.9 Å². The van der Waals surface area contributed by atoms with Gasteiger partial charge in [0.05, 0.1) is 22.5 Å². The minimum absolute atomic E-state index is 0.0171. The van der Waals surface area contributed by atoms with E-state index in [9.17, 15) is 24.3 Å². The van der Waals surface area contributed by atoms with E-state index in [0.29, 0.717) is 52.7 Å². The molecular weight excluding hydrogens is 648 g/mol. The zero-order chi connectivity index (χ0) is 35.0. The minimum Gasteiger partial charge on any atom is -0.459 e. The monoisotopic (exact) mass is 684 g/mol. The van der Waals surface area contributed by atoms with Crippen molar-refractivity contribution in [1.29, 1.82) is 0 Å². The van der Waals surface area contributed by atoms with Crippen molar-refractivity contribution in [3.8, 4) is 5.69 Å². The second-order valence-corrected chi connectivity index (χ2v) is 12.5. The van der Waals surface area contributed by atoms with E-state index in [1.807, 2.05) is 51.2 Å². The van der Waals surface area contributed by atoms with Crippen LogP contribution in [0, 0.1) is 19.8 Å². The van der Waals surface area contributed by atoms with Crippen molar-refractivity contribution in [3.05, 3.63) is 122 Å². The number of fused-ring (bicyclic) bond motifs is 1. The lowest BCUT2D eigenvalue weighted by molar-refractivity contribution is -0.165. The highest BCUT2D eigenvalue weighted by molar-refractivity contribution is 6.37. The predicted molar refractivity (Wildman–Crippen MR) is 185 cm³/mol. The summed E-state index contributed by atoms with van der Waals surface area (Å²) in [6.45, 7) is 5.68. The Kier molecular flexibility index (Phi) is 9.60. The average molecular weight is 685 g/mol. The number of para-hydroxylation sites is 1. The molecular formula is C37H37ClN4O7. The first kappa shape index (κ1) is 33.9. The molecule has 11 nitrogen and oxygen atoms in total. The molecule has 0 saturated carbocycles. The maximum absolute atomic E-state index is 14.1. The third kappa shape index (κ3) is 6.21. The maximum atomic E-state index is 14.1. The van der Waals surface area contributed by atoms with E-state index in [1.54, 1.807) is 46.6 Å². The number of nitrogens with one attached hydrogen (secondary N) is 1. The number of benzene rings is 3. The van der Waals surface area contributed by atoms with Crippen LogP contribution >= 0.6 is 11.6 Å². The molecule has 4 aromatic rings. The molecule has 0 saturated heterocycles. The number of carbonyl (C=O) groups is 3. The van der Waals surface area contributed by atoms with Crippen LogP contribution < -0.4 is 15.8 Å². The lowest BCUT2D eigenvalue weighted by atomic mass is 9.80. The number of halogens is 1. The van der Waals surface area contributed by atoms with Crippen LogP contribution in [0.4, 0.5) is 11.4 Å². The molecule has 0 fully saturated rings. The standard InChI is InChI=1S/C37H37ClN4O7/c1-5-48-37-27(12-9-17-43)28(32-22(3)40(4)42(36(32)47)25-10-7-6-8-11-25)20-31(49-37)33(44)39-24-14-16-30(21(2)18-24)41-34(45)26-15-13-23(38)19-29(26)35(41)46/h6-8,10-11,13-16,18-20,27-28,37,43H,5,9,12,17H2,1-4H3,(H,39,44)/t27-,28-,37+/m0/s1. The molecule has 3 atom stereocenters. The summed E-state index contributed by atoms with van der Waals surface area (Å²) in [6.07, 6.45) is 1.74. The molecule has 2 aliphatic rings. The fraction of sp³-hybridized carbons (Fsp3) is 0.297. The first-order valence-electron chi connectivity index (χ1n) is 16.1. The number of carbonyl (C=O) groups excluding carboxylic acids is 3. The van der Waals surface area contributed by atoms with Crippen molar-refractivity contribution in [2.45, 2.75) is 45.8 Å². The van der Waals surface area contributed by atoms with Gasteiger partial charge < -0.3 is 19.9 Å². The number of rotatable bonds is 10. The Bertz CT molecular complexity index is 2030. The molecule has 254 valence electrons. The molecule has 49 heavy (non-hydrogen) atoms.